The average molecular weight is 522 g/mol. The van der Waals surface area contributed by atoms with E-state index in [2.05, 4.69) is 0 Å². The summed E-state index contributed by atoms with van der Waals surface area (Å²) in [4.78, 5) is 12.7. The molecule has 0 aliphatic rings. The summed E-state index contributed by atoms with van der Waals surface area (Å²) in [6.45, 7) is 1.72. The van der Waals surface area contributed by atoms with Crippen LogP contribution >= 0.6 is 11.8 Å². The number of nitrogens with zero attached hydrogens (tertiary/aromatic N) is 1. The fourth-order valence-corrected chi connectivity index (χ4v) is 4.01. The SMILES string of the molecule is CCc1cc(OCCN(C[C@H](O)[C@@H](O)[C@H](O)CO)C[C@H](O)[C@@H](O)[C@H](O)CO)ccc1CSC(C)=O. The molecule has 1 aromatic rings. The van der Waals surface area contributed by atoms with Crippen LogP contribution in [0.4, 0.5) is 0 Å². The fraction of sp³-hybridized carbons (Fsp3) is 0.696. The van der Waals surface area contributed by atoms with Gasteiger partial charge in [-0.05, 0) is 29.7 Å². The van der Waals surface area contributed by atoms with Crippen molar-refractivity contribution in [2.24, 2.45) is 0 Å². The van der Waals surface area contributed by atoms with Gasteiger partial charge in [0, 0.05) is 32.3 Å². The summed E-state index contributed by atoms with van der Waals surface area (Å²) in [6.07, 6.45) is -8.68. The Morgan fingerprint density at radius 3 is 1.91 bits per heavy atom. The zero-order chi connectivity index (χ0) is 26.5. The number of aliphatic hydroxyl groups excluding tert-OH is 8. The van der Waals surface area contributed by atoms with Crippen molar-refractivity contribution in [2.75, 3.05) is 39.5 Å². The molecule has 0 saturated carbocycles. The van der Waals surface area contributed by atoms with Gasteiger partial charge in [-0.2, -0.15) is 0 Å². The molecule has 8 N–H and O–H groups in total. The van der Waals surface area contributed by atoms with Crippen LogP contribution in [0.5, 0.6) is 5.75 Å². The van der Waals surface area contributed by atoms with E-state index in [9.17, 15) is 35.4 Å². The van der Waals surface area contributed by atoms with Gasteiger partial charge in [-0.15, -0.1) is 0 Å². The van der Waals surface area contributed by atoms with Crippen LogP contribution in [-0.2, 0) is 17.0 Å². The van der Waals surface area contributed by atoms with Crippen LogP contribution in [0.3, 0.4) is 0 Å². The second-order valence-electron chi connectivity index (χ2n) is 8.29. The third-order valence-electron chi connectivity index (χ3n) is 5.51. The first-order valence-electron chi connectivity index (χ1n) is 11.4. The standard InChI is InChI=1S/C23H39NO10S/c1-3-15-8-17(5-4-16(15)13-35-14(2)27)34-7-6-24(9-18(28)22(32)20(30)11-25)10-19(29)23(33)21(31)12-26/h4-5,8,18-23,25-26,28-33H,3,6-7,9-13H2,1-2H3/t18-,19-,20+,21+,22+,23+/m0/s1. The van der Waals surface area contributed by atoms with Gasteiger partial charge in [0.2, 0.25) is 0 Å². The van der Waals surface area contributed by atoms with Crippen molar-refractivity contribution in [3.63, 3.8) is 0 Å². The van der Waals surface area contributed by atoms with Crippen molar-refractivity contribution in [1.29, 1.82) is 0 Å². The molecule has 202 valence electrons. The number of benzene rings is 1. The smallest absolute Gasteiger partial charge is 0.186 e. The largest absolute Gasteiger partial charge is 0.492 e. The lowest BCUT2D eigenvalue weighted by atomic mass is 10.1. The molecule has 0 bridgehead atoms. The van der Waals surface area contributed by atoms with Crippen LogP contribution in [0, 0.1) is 0 Å². The summed E-state index contributed by atoms with van der Waals surface area (Å²) in [6, 6.07) is 5.52. The van der Waals surface area contributed by atoms with E-state index < -0.39 is 49.8 Å². The zero-order valence-corrected chi connectivity index (χ0v) is 20.9. The average Bonchev–Trinajstić information content (AvgIpc) is 2.85. The van der Waals surface area contributed by atoms with Crippen molar-refractivity contribution in [1.82, 2.24) is 4.90 Å². The molecule has 0 radical (unpaired) electrons. The van der Waals surface area contributed by atoms with Crippen molar-refractivity contribution in [3.05, 3.63) is 29.3 Å². The van der Waals surface area contributed by atoms with E-state index in [0.29, 0.717) is 11.5 Å². The van der Waals surface area contributed by atoms with Crippen LogP contribution in [0.15, 0.2) is 18.2 Å². The first kappa shape index (κ1) is 31.7. The summed E-state index contributed by atoms with van der Waals surface area (Å²) >= 11 is 1.22. The van der Waals surface area contributed by atoms with Gasteiger partial charge in [0.1, 0.15) is 36.8 Å². The predicted octanol–water partition coefficient (Wildman–Crippen LogP) is -2.14. The van der Waals surface area contributed by atoms with Crippen molar-refractivity contribution in [3.8, 4) is 5.75 Å². The summed E-state index contributed by atoms with van der Waals surface area (Å²) in [5, 5.41) is 77.5. The molecule has 6 atom stereocenters. The van der Waals surface area contributed by atoms with E-state index in [0.717, 1.165) is 17.5 Å². The fourth-order valence-electron chi connectivity index (χ4n) is 3.37. The number of aliphatic hydroxyl groups is 8. The molecule has 0 unspecified atom stereocenters. The molecule has 1 rings (SSSR count). The molecule has 0 heterocycles. The number of carbonyl (C=O) groups is 1. The maximum Gasteiger partial charge on any atom is 0.186 e. The summed E-state index contributed by atoms with van der Waals surface area (Å²) in [7, 11) is 0. The minimum Gasteiger partial charge on any atom is -0.492 e. The van der Waals surface area contributed by atoms with Crippen molar-refractivity contribution in [2.45, 2.75) is 62.6 Å². The van der Waals surface area contributed by atoms with Gasteiger partial charge in [0.15, 0.2) is 5.12 Å². The molecule has 11 nitrogen and oxygen atoms in total. The summed E-state index contributed by atoms with van der Waals surface area (Å²) in [5.41, 5.74) is 2.06. The number of ether oxygens (including phenoxy) is 1. The Morgan fingerprint density at radius 1 is 0.914 bits per heavy atom. The number of hydrogen-bond acceptors (Lipinski definition) is 12. The van der Waals surface area contributed by atoms with Gasteiger partial charge in [-0.3, -0.25) is 9.69 Å². The zero-order valence-electron chi connectivity index (χ0n) is 20.1. The number of carbonyl (C=O) groups excluding carboxylic acids is 1. The quantitative estimate of drug-likeness (QED) is 0.111. The monoisotopic (exact) mass is 521 g/mol. The number of thioether (sulfide) groups is 1. The lowest BCUT2D eigenvalue weighted by Gasteiger charge is -2.32. The van der Waals surface area contributed by atoms with E-state index in [4.69, 9.17) is 14.9 Å². The molecular weight excluding hydrogens is 482 g/mol. The Bertz CT molecular complexity index is 731. The normalized spacial score (nSPS) is 17.0. The minimum absolute atomic E-state index is 0.0325. The third-order valence-corrected chi connectivity index (χ3v) is 6.37. The highest BCUT2D eigenvalue weighted by molar-refractivity contribution is 8.12. The van der Waals surface area contributed by atoms with E-state index in [1.807, 2.05) is 19.1 Å². The highest BCUT2D eigenvalue weighted by Gasteiger charge is 2.30. The maximum atomic E-state index is 11.2. The van der Waals surface area contributed by atoms with Gasteiger partial charge >= 0.3 is 0 Å². The highest BCUT2D eigenvalue weighted by Crippen LogP contribution is 2.23. The van der Waals surface area contributed by atoms with E-state index in [1.165, 1.54) is 23.6 Å². The number of rotatable bonds is 17. The van der Waals surface area contributed by atoms with Crippen LogP contribution in [0.1, 0.15) is 25.0 Å². The minimum atomic E-state index is -1.65. The lowest BCUT2D eigenvalue weighted by molar-refractivity contribution is -0.109. The number of aryl methyl sites for hydroxylation is 1. The molecule has 0 spiro atoms. The second-order valence-corrected chi connectivity index (χ2v) is 9.44. The molecule has 12 heteroatoms. The van der Waals surface area contributed by atoms with Gasteiger partial charge in [0.05, 0.1) is 25.4 Å². The Balaban J connectivity index is 2.84. The first-order valence-corrected chi connectivity index (χ1v) is 12.4. The molecular formula is C23H39NO10S. The van der Waals surface area contributed by atoms with Crippen LogP contribution < -0.4 is 4.74 Å². The summed E-state index contributed by atoms with van der Waals surface area (Å²) < 4.78 is 5.80. The molecule has 0 aromatic heterocycles. The maximum absolute atomic E-state index is 11.2. The van der Waals surface area contributed by atoms with E-state index in [-0.39, 0.29) is 31.4 Å². The lowest BCUT2D eigenvalue weighted by Crippen LogP contribution is -2.51. The Hall–Kier alpha value is -1.32. The van der Waals surface area contributed by atoms with Gasteiger partial charge < -0.3 is 45.6 Å². The summed E-state index contributed by atoms with van der Waals surface area (Å²) in [5.74, 6) is 1.14. The van der Waals surface area contributed by atoms with Gasteiger partial charge in [-0.1, -0.05) is 24.8 Å². The van der Waals surface area contributed by atoms with E-state index in [1.54, 1.807) is 6.07 Å². The molecule has 0 saturated heterocycles. The molecule has 0 aliphatic carbocycles. The Labute approximate surface area is 209 Å². The third kappa shape index (κ3) is 11.1. The van der Waals surface area contributed by atoms with E-state index >= 15 is 0 Å². The highest BCUT2D eigenvalue weighted by atomic mass is 32.2. The Morgan fingerprint density at radius 2 is 1.46 bits per heavy atom. The van der Waals surface area contributed by atoms with Crippen LogP contribution in [0.25, 0.3) is 0 Å². The molecule has 0 amide bonds. The molecule has 35 heavy (non-hydrogen) atoms. The van der Waals surface area contributed by atoms with Crippen LogP contribution in [-0.4, -0.2) is 127 Å². The first-order chi connectivity index (χ1) is 16.5. The van der Waals surface area contributed by atoms with Crippen LogP contribution in [0.2, 0.25) is 0 Å². The van der Waals surface area contributed by atoms with Gasteiger partial charge in [0.25, 0.3) is 0 Å². The topological polar surface area (TPSA) is 191 Å². The van der Waals surface area contributed by atoms with Crippen molar-refractivity contribution >= 4 is 16.9 Å². The van der Waals surface area contributed by atoms with Crippen molar-refractivity contribution < 1.29 is 50.4 Å². The molecule has 0 aliphatic heterocycles. The van der Waals surface area contributed by atoms with Gasteiger partial charge in [-0.25, -0.2) is 0 Å². The number of hydrogen-bond donors (Lipinski definition) is 8. The molecule has 0 fully saturated rings. The molecule has 1 aromatic carbocycles. The predicted molar refractivity (Wildman–Crippen MR) is 130 cm³/mol. The second kappa shape index (κ2) is 16.4. The Kier molecular flexibility index (Phi) is 14.9.